The highest BCUT2D eigenvalue weighted by molar-refractivity contribution is 14.0. The lowest BCUT2D eigenvalue weighted by Gasteiger charge is -2.22. The van der Waals surface area contributed by atoms with Crippen molar-refractivity contribution in [3.8, 4) is 0 Å². The number of halogens is 1. The summed E-state index contributed by atoms with van der Waals surface area (Å²) in [7, 11) is 3.80. The molecule has 0 unspecified atom stereocenters. The zero-order valence-electron chi connectivity index (χ0n) is 16.7. The molecule has 1 aliphatic rings. The number of benzene rings is 1. The second-order valence-electron chi connectivity index (χ2n) is 6.84. The first-order valence-electron chi connectivity index (χ1n) is 9.50. The first-order valence-corrected chi connectivity index (χ1v) is 9.50. The van der Waals surface area contributed by atoms with Gasteiger partial charge in [-0.15, -0.1) is 24.0 Å². The van der Waals surface area contributed by atoms with Crippen LogP contribution in [0.15, 0.2) is 29.3 Å². The van der Waals surface area contributed by atoms with E-state index in [1.807, 2.05) is 38.2 Å². The predicted molar refractivity (Wildman–Crippen MR) is 122 cm³/mol. The van der Waals surface area contributed by atoms with Gasteiger partial charge in [-0.05, 0) is 42.9 Å². The highest BCUT2D eigenvalue weighted by Gasteiger charge is 2.21. The molecule has 0 heterocycles. The highest BCUT2D eigenvalue weighted by Crippen LogP contribution is 2.28. The maximum absolute atomic E-state index is 11.6. The fraction of sp³-hybridized carbons (Fsp3) is 0.600. The zero-order chi connectivity index (χ0) is 18.8. The SMILES string of the molecule is CCCC(=O)Nc1ccc(CNC(=NC)N(C)CCOCC2CC2)cc1.I. The molecule has 1 aromatic carbocycles. The molecule has 2 rings (SSSR count). The van der Waals surface area contributed by atoms with Crippen molar-refractivity contribution in [2.45, 2.75) is 39.2 Å². The van der Waals surface area contributed by atoms with Gasteiger partial charge in [0.25, 0.3) is 0 Å². The Labute approximate surface area is 180 Å². The van der Waals surface area contributed by atoms with E-state index in [1.54, 1.807) is 7.05 Å². The molecular formula is C20H33IN4O2. The van der Waals surface area contributed by atoms with E-state index in [9.17, 15) is 4.79 Å². The average molecular weight is 488 g/mol. The quantitative estimate of drug-likeness (QED) is 0.229. The van der Waals surface area contributed by atoms with Crippen LogP contribution in [0.3, 0.4) is 0 Å². The Kier molecular flexibility index (Phi) is 11.3. The second kappa shape index (κ2) is 12.9. The molecule has 1 amide bonds. The number of likely N-dealkylation sites (N-methyl/N-ethyl adjacent to an activating group) is 1. The van der Waals surface area contributed by atoms with Crippen molar-refractivity contribution >= 4 is 41.5 Å². The van der Waals surface area contributed by atoms with E-state index < -0.39 is 0 Å². The fourth-order valence-electron chi connectivity index (χ4n) is 2.56. The lowest BCUT2D eigenvalue weighted by Crippen LogP contribution is -2.40. The molecule has 0 aliphatic heterocycles. The largest absolute Gasteiger partial charge is 0.379 e. The number of ether oxygens (including phenoxy) is 1. The van der Waals surface area contributed by atoms with Crippen LogP contribution in [-0.2, 0) is 16.1 Å². The van der Waals surface area contributed by atoms with Gasteiger partial charge in [0.2, 0.25) is 5.91 Å². The van der Waals surface area contributed by atoms with Gasteiger partial charge in [0.1, 0.15) is 0 Å². The number of rotatable bonds is 10. The van der Waals surface area contributed by atoms with E-state index >= 15 is 0 Å². The summed E-state index contributed by atoms with van der Waals surface area (Å²) in [6.07, 6.45) is 4.04. The van der Waals surface area contributed by atoms with E-state index in [0.717, 1.165) is 49.3 Å². The number of nitrogens with one attached hydrogen (secondary N) is 2. The molecule has 2 N–H and O–H groups in total. The van der Waals surface area contributed by atoms with Gasteiger partial charge in [-0.2, -0.15) is 0 Å². The van der Waals surface area contributed by atoms with Crippen LogP contribution < -0.4 is 10.6 Å². The lowest BCUT2D eigenvalue weighted by atomic mass is 10.2. The van der Waals surface area contributed by atoms with Crippen molar-refractivity contribution < 1.29 is 9.53 Å². The van der Waals surface area contributed by atoms with E-state index in [0.29, 0.717) is 13.0 Å². The Morgan fingerprint density at radius 3 is 2.59 bits per heavy atom. The van der Waals surface area contributed by atoms with Crippen molar-refractivity contribution in [1.29, 1.82) is 0 Å². The van der Waals surface area contributed by atoms with Crippen LogP contribution in [0.25, 0.3) is 0 Å². The third-order valence-electron chi connectivity index (χ3n) is 4.36. The van der Waals surface area contributed by atoms with Gasteiger partial charge in [0.15, 0.2) is 5.96 Å². The molecule has 0 atom stereocenters. The van der Waals surface area contributed by atoms with Crippen LogP contribution in [0.1, 0.15) is 38.2 Å². The Morgan fingerprint density at radius 2 is 2.00 bits per heavy atom. The number of aliphatic imine (C=N–C) groups is 1. The van der Waals surface area contributed by atoms with Crippen LogP contribution in [0, 0.1) is 5.92 Å². The maximum Gasteiger partial charge on any atom is 0.224 e. The van der Waals surface area contributed by atoms with E-state index in [2.05, 4.69) is 20.5 Å². The Balaban J connectivity index is 0.00000364. The molecule has 152 valence electrons. The molecule has 6 nitrogen and oxygen atoms in total. The minimum Gasteiger partial charge on any atom is -0.379 e. The van der Waals surface area contributed by atoms with Crippen LogP contribution in [0.4, 0.5) is 5.69 Å². The van der Waals surface area contributed by atoms with Crippen LogP contribution in [0.2, 0.25) is 0 Å². The normalized spacial score (nSPS) is 13.7. The van der Waals surface area contributed by atoms with Gasteiger partial charge in [0, 0.05) is 45.9 Å². The van der Waals surface area contributed by atoms with Gasteiger partial charge in [-0.25, -0.2) is 0 Å². The molecule has 0 radical (unpaired) electrons. The molecule has 1 fully saturated rings. The molecular weight excluding hydrogens is 455 g/mol. The highest BCUT2D eigenvalue weighted by atomic mass is 127. The molecule has 0 spiro atoms. The summed E-state index contributed by atoms with van der Waals surface area (Å²) in [6, 6.07) is 7.90. The summed E-state index contributed by atoms with van der Waals surface area (Å²) in [6.45, 7) is 5.11. The topological polar surface area (TPSA) is 66.0 Å². The monoisotopic (exact) mass is 488 g/mol. The Morgan fingerprint density at radius 1 is 1.30 bits per heavy atom. The number of carbonyl (C=O) groups excluding carboxylic acids is 1. The smallest absolute Gasteiger partial charge is 0.224 e. The molecule has 1 aromatic rings. The zero-order valence-corrected chi connectivity index (χ0v) is 19.0. The summed E-state index contributed by atoms with van der Waals surface area (Å²) < 4.78 is 5.69. The summed E-state index contributed by atoms with van der Waals surface area (Å²) in [4.78, 5) is 18.0. The van der Waals surface area contributed by atoms with E-state index in [1.165, 1.54) is 12.8 Å². The van der Waals surface area contributed by atoms with Gasteiger partial charge < -0.3 is 20.3 Å². The third-order valence-corrected chi connectivity index (χ3v) is 4.36. The first-order chi connectivity index (χ1) is 12.6. The van der Waals surface area contributed by atoms with Crippen LogP contribution in [-0.4, -0.2) is 50.6 Å². The second-order valence-corrected chi connectivity index (χ2v) is 6.84. The van der Waals surface area contributed by atoms with E-state index in [4.69, 9.17) is 4.74 Å². The molecule has 0 aromatic heterocycles. The van der Waals surface area contributed by atoms with Crippen LogP contribution in [0.5, 0.6) is 0 Å². The van der Waals surface area contributed by atoms with E-state index in [-0.39, 0.29) is 29.9 Å². The summed E-state index contributed by atoms with van der Waals surface area (Å²) in [5, 5.41) is 6.26. The van der Waals surface area contributed by atoms with Crippen molar-refractivity contribution in [3.05, 3.63) is 29.8 Å². The first kappa shape index (κ1) is 23.7. The number of anilines is 1. The fourth-order valence-corrected chi connectivity index (χ4v) is 2.56. The summed E-state index contributed by atoms with van der Waals surface area (Å²) >= 11 is 0. The summed E-state index contributed by atoms with van der Waals surface area (Å²) in [5.74, 6) is 1.71. The molecule has 0 bridgehead atoms. The van der Waals surface area contributed by atoms with Crippen LogP contribution >= 0.6 is 24.0 Å². The lowest BCUT2D eigenvalue weighted by molar-refractivity contribution is -0.116. The standard InChI is InChI=1S/C20H32N4O2.HI/c1-4-5-19(25)23-18-10-8-16(9-11-18)14-22-20(21-2)24(3)12-13-26-15-17-6-7-17;/h8-11,17H,4-7,12-15H2,1-3H3,(H,21,22)(H,23,25);1H. The number of carbonyl (C=O) groups is 1. The molecule has 1 saturated carbocycles. The molecule has 1 aliphatic carbocycles. The number of hydrogen-bond donors (Lipinski definition) is 2. The number of amides is 1. The van der Waals surface area contributed by atoms with Crippen molar-refractivity contribution in [2.75, 3.05) is 39.2 Å². The Hall–Kier alpha value is -1.35. The van der Waals surface area contributed by atoms with Gasteiger partial charge in [-0.3, -0.25) is 9.79 Å². The minimum absolute atomic E-state index is 0. The number of nitrogens with zero attached hydrogens (tertiary/aromatic N) is 2. The van der Waals surface area contributed by atoms with Crippen molar-refractivity contribution in [2.24, 2.45) is 10.9 Å². The molecule has 0 saturated heterocycles. The van der Waals surface area contributed by atoms with Gasteiger partial charge in [0.05, 0.1) is 6.61 Å². The van der Waals surface area contributed by atoms with Crippen molar-refractivity contribution in [3.63, 3.8) is 0 Å². The number of hydrogen-bond acceptors (Lipinski definition) is 3. The summed E-state index contributed by atoms with van der Waals surface area (Å²) in [5.41, 5.74) is 1.97. The molecule has 27 heavy (non-hydrogen) atoms. The van der Waals surface area contributed by atoms with Crippen molar-refractivity contribution in [1.82, 2.24) is 10.2 Å². The molecule has 7 heteroatoms. The number of guanidine groups is 1. The maximum atomic E-state index is 11.6. The predicted octanol–water partition coefficient (Wildman–Crippen LogP) is 3.48. The van der Waals surface area contributed by atoms with Gasteiger partial charge in [-0.1, -0.05) is 19.1 Å². The average Bonchev–Trinajstić information content (AvgIpc) is 3.45. The third kappa shape index (κ3) is 9.41. The van der Waals surface area contributed by atoms with Gasteiger partial charge >= 0.3 is 0 Å². The Bertz CT molecular complexity index is 588. The minimum atomic E-state index is 0.